The first kappa shape index (κ1) is 40.4. The molecule has 2 aromatic carbocycles. The number of aryl methyl sites for hydroxylation is 2. The van der Waals surface area contributed by atoms with Crippen molar-refractivity contribution in [2.45, 2.75) is 34.1 Å². The Labute approximate surface area is 201 Å². The van der Waals surface area contributed by atoms with Crippen LogP contribution in [0.4, 0.5) is 4.32 Å². The molecule has 0 spiro atoms. The van der Waals surface area contributed by atoms with Crippen LogP contribution in [0.25, 0.3) is 0 Å². The van der Waals surface area contributed by atoms with Crippen molar-refractivity contribution in [1.82, 2.24) is 0 Å². The van der Waals surface area contributed by atoms with Crippen LogP contribution in [0.15, 0.2) is 48.5 Å². The van der Waals surface area contributed by atoms with Crippen LogP contribution in [0.2, 0.25) is 0 Å². The Balaban J connectivity index is -0.000000106. The Hall–Kier alpha value is -2.92. The van der Waals surface area contributed by atoms with Gasteiger partial charge in [-0.05, 0) is 45.0 Å². The second-order valence-electron chi connectivity index (χ2n) is 5.32. The smallest absolute Gasteiger partial charge is 0.350 e. The van der Waals surface area contributed by atoms with Gasteiger partial charge < -0.3 is 15.8 Å². The molecule has 33 heavy (non-hydrogen) atoms. The molecule has 0 amide bonds. The molecule has 0 bridgehead atoms. The fourth-order valence-corrected chi connectivity index (χ4v) is 1.95. The molecule has 9 nitrogen and oxygen atoms in total. The molecule has 0 unspecified atom stereocenters. The summed E-state index contributed by atoms with van der Waals surface area (Å²) in [6, 6.07) is 18.6. The zero-order chi connectivity index (χ0) is 25.9. The molecule has 0 aliphatic rings. The molecular formula is C20H33BFN5O4S2. The molecule has 0 heterocycles. The average Bonchev–Trinajstić information content (AvgIpc) is 2.71. The van der Waals surface area contributed by atoms with Gasteiger partial charge in [-0.15, -0.1) is 0 Å². The van der Waals surface area contributed by atoms with E-state index in [0.717, 1.165) is 18.5 Å². The summed E-state index contributed by atoms with van der Waals surface area (Å²) in [5.74, 6) is 0. The van der Waals surface area contributed by atoms with Crippen LogP contribution in [0, 0.1) is 34.7 Å². The lowest BCUT2D eigenvalue weighted by Crippen LogP contribution is -2.02. The van der Waals surface area contributed by atoms with Gasteiger partial charge in [0.25, 0.3) is 0 Å². The van der Waals surface area contributed by atoms with Gasteiger partial charge in [0, 0.05) is 0 Å². The Morgan fingerprint density at radius 1 is 0.909 bits per heavy atom. The summed E-state index contributed by atoms with van der Waals surface area (Å²) in [7, 11) is -0.722. The highest BCUT2D eigenvalue weighted by Crippen LogP contribution is 2.04. The van der Waals surface area contributed by atoms with Gasteiger partial charge in [-0.3, -0.25) is 0 Å². The third-order valence-electron chi connectivity index (χ3n) is 2.88. The Morgan fingerprint density at radius 2 is 1.24 bits per heavy atom. The minimum Gasteiger partial charge on any atom is -0.350 e. The van der Waals surface area contributed by atoms with Crippen molar-refractivity contribution in [3.05, 3.63) is 70.8 Å². The molecule has 0 aliphatic heterocycles. The molecular weight excluding hydrogens is 468 g/mol. The van der Waals surface area contributed by atoms with Gasteiger partial charge in [-0.1, -0.05) is 67.1 Å². The zero-order valence-electron chi connectivity index (χ0n) is 18.2. The van der Waals surface area contributed by atoms with Crippen molar-refractivity contribution in [2.75, 3.05) is 13.6 Å². The number of hydrogen-bond acceptors (Lipinski definition) is 9. The highest BCUT2D eigenvalue weighted by atomic mass is 32.2. The average molecular weight is 501 g/mol. The van der Waals surface area contributed by atoms with Crippen LogP contribution in [-0.4, -0.2) is 38.6 Å². The second-order valence-corrected chi connectivity index (χ2v) is 6.26. The topological polar surface area (TPSA) is 192 Å². The Bertz CT molecular complexity index is 942. The first-order valence-corrected chi connectivity index (χ1v) is 10.9. The maximum Gasteiger partial charge on any atom is 0.350 e. The van der Waals surface area contributed by atoms with Crippen LogP contribution in [0.3, 0.4) is 0 Å². The summed E-state index contributed by atoms with van der Waals surface area (Å²) in [4.78, 5) is 0. The Morgan fingerprint density at radius 3 is 1.55 bits per heavy atom. The quantitative estimate of drug-likeness (QED) is 0.464. The Kier molecular flexibility index (Phi) is 38.3. The van der Waals surface area contributed by atoms with E-state index >= 15 is 0 Å². The van der Waals surface area contributed by atoms with Crippen molar-refractivity contribution < 1.29 is 21.2 Å². The second kappa shape index (κ2) is 31.3. The minimum absolute atomic E-state index is 0. The number of rotatable bonds is 3. The van der Waals surface area contributed by atoms with E-state index in [9.17, 15) is 0 Å². The normalized spacial score (nSPS) is 7.42. The molecule has 13 heteroatoms. The molecule has 0 atom stereocenters. The van der Waals surface area contributed by atoms with Crippen molar-refractivity contribution in [2.24, 2.45) is 11.5 Å². The number of nitriles is 1. The number of hydrogen-bond donors (Lipinski definition) is 4. The van der Waals surface area contributed by atoms with E-state index in [1.54, 1.807) is 0 Å². The first-order valence-electron chi connectivity index (χ1n) is 8.71. The van der Waals surface area contributed by atoms with Crippen LogP contribution in [0.5, 0.6) is 0 Å². The SMILES string of the molecule is C.CN.Cc1cccc(CC#N)c1.Cc1cccc(CCN)c1.N=S(=O)=O.N=S(=O)=O.[B]F. The molecule has 0 aliphatic carbocycles. The number of nitrogens with one attached hydrogen (secondary N) is 2. The maximum atomic E-state index is 9.00. The van der Waals surface area contributed by atoms with Crippen molar-refractivity contribution in [1.29, 1.82) is 14.8 Å². The summed E-state index contributed by atoms with van der Waals surface area (Å²) in [6.45, 7) is 4.87. The lowest BCUT2D eigenvalue weighted by atomic mass is 10.1. The van der Waals surface area contributed by atoms with Crippen molar-refractivity contribution >= 4 is 29.1 Å². The molecule has 2 radical (unpaired) electrons. The van der Waals surface area contributed by atoms with Gasteiger partial charge in [0.2, 0.25) is 0 Å². The van der Waals surface area contributed by atoms with E-state index in [4.69, 9.17) is 41.7 Å². The number of nitrogens with zero attached hydrogens (tertiary/aromatic N) is 1. The van der Waals surface area contributed by atoms with Crippen LogP contribution in [0.1, 0.15) is 29.7 Å². The van der Waals surface area contributed by atoms with Crippen LogP contribution in [-0.2, 0) is 33.8 Å². The summed E-state index contributed by atoms with van der Waals surface area (Å²) in [5, 5.41) is 8.36. The van der Waals surface area contributed by atoms with Crippen molar-refractivity contribution in [3.63, 3.8) is 0 Å². The monoisotopic (exact) mass is 501 g/mol. The summed E-state index contributed by atoms with van der Waals surface area (Å²) >= 11 is 0. The zero-order valence-corrected chi connectivity index (χ0v) is 19.9. The van der Waals surface area contributed by atoms with E-state index < -0.39 is 21.0 Å². The van der Waals surface area contributed by atoms with Gasteiger partial charge in [0.05, 0.1) is 12.5 Å². The number of nitrogens with two attached hydrogens (primary N) is 2. The number of halogens is 1. The molecule has 2 rings (SSSR count). The van der Waals surface area contributed by atoms with E-state index in [1.165, 1.54) is 23.7 Å². The van der Waals surface area contributed by atoms with Crippen molar-refractivity contribution in [3.8, 4) is 6.07 Å². The maximum absolute atomic E-state index is 9.00. The number of benzene rings is 2. The van der Waals surface area contributed by atoms with Crippen LogP contribution >= 0.6 is 0 Å². The van der Waals surface area contributed by atoms with Gasteiger partial charge in [0.15, 0.2) is 0 Å². The molecule has 184 valence electrons. The molecule has 6 N–H and O–H groups in total. The third kappa shape index (κ3) is 40.0. The summed E-state index contributed by atoms with van der Waals surface area (Å²) in [5.41, 5.74) is 14.9. The van der Waals surface area contributed by atoms with Gasteiger partial charge in [0.1, 0.15) is 0 Å². The third-order valence-corrected chi connectivity index (χ3v) is 2.88. The van der Waals surface area contributed by atoms with E-state index in [0.29, 0.717) is 6.42 Å². The van der Waals surface area contributed by atoms with E-state index in [-0.39, 0.29) is 7.43 Å². The summed E-state index contributed by atoms with van der Waals surface area (Å²) < 4.78 is 54.7. The molecule has 2 aromatic rings. The van der Waals surface area contributed by atoms with Gasteiger partial charge in [-0.2, -0.15) is 31.7 Å². The fourth-order valence-electron chi connectivity index (χ4n) is 1.95. The van der Waals surface area contributed by atoms with Crippen LogP contribution < -0.4 is 11.5 Å². The van der Waals surface area contributed by atoms with E-state index in [2.05, 4.69) is 51.1 Å². The van der Waals surface area contributed by atoms with E-state index in [1.807, 2.05) is 31.2 Å². The minimum atomic E-state index is -2.61. The predicted octanol–water partition coefficient (Wildman–Crippen LogP) is 3.06. The first-order chi connectivity index (χ1) is 15.1. The lowest BCUT2D eigenvalue weighted by Gasteiger charge is -1.98. The summed E-state index contributed by atoms with van der Waals surface area (Å²) in [6.07, 6.45) is 1.50. The predicted molar refractivity (Wildman–Crippen MR) is 131 cm³/mol. The van der Waals surface area contributed by atoms with Gasteiger partial charge in [-0.25, -0.2) is 0 Å². The lowest BCUT2D eigenvalue weighted by molar-refractivity contribution is 0.618. The molecule has 0 saturated carbocycles. The largest absolute Gasteiger partial charge is 0.350 e. The fraction of sp³-hybridized carbons (Fsp3) is 0.350. The standard InChI is InChI=1S/C9H13N.C9H9N.CH5N.CH4.BF.2HNO2S/c2*1-8-3-2-4-9(7-8)5-6-10;1-2;;1-2;2*1-4(2)3/h2-4,7H,5-6,10H2,1H3;2-4,7H,5H2,1H3;2H2,1H3;1H4;;2*1H. The molecule has 0 aromatic heterocycles. The molecule has 0 fully saturated rings. The molecule has 0 saturated heterocycles. The van der Waals surface area contributed by atoms with Gasteiger partial charge >= 0.3 is 29.1 Å². The highest BCUT2D eigenvalue weighted by molar-refractivity contribution is 7.60. The highest BCUT2D eigenvalue weighted by Gasteiger charge is 1.89.